The zero-order valence-corrected chi connectivity index (χ0v) is 12.8. The Morgan fingerprint density at radius 3 is 2.76 bits per heavy atom. The molecule has 1 aliphatic heterocycles. The van der Waals surface area contributed by atoms with Crippen molar-refractivity contribution in [3.05, 3.63) is 29.8 Å². The van der Waals surface area contributed by atoms with Crippen LogP contribution in [0.1, 0.15) is 36.0 Å². The number of rotatable bonds is 8. The van der Waals surface area contributed by atoms with Gasteiger partial charge < -0.3 is 14.8 Å². The van der Waals surface area contributed by atoms with Gasteiger partial charge in [-0.25, -0.2) is 0 Å². The quantitative estimate of drug-likeness (QED) is 0.591. The summed E-state index contributed by atoms with van der Waals surface area (Å²) in [5.41, 5.74) is 0.697. The molecule has 0 atom stereocenters. The average molecular weight is 291 g/mol. The smallest absolute Gasteiger partial charge is 0.166 e. The molecule has 2 rings (SSSR count). The monoisotopic (exact) mass is 291 g/mol. The lowest BCUT2D eigenvalue weighted by atomic mass is 9.91. The number of ketones is 1. The fraction of sp³-hybridized carbons (Fsp3) is 0.588. The molecule has 1 fully saturated rings. The summed E-state index contributed by atoms with van der Waals surface area (Å²) in [6.07, 6.45) is 3.95. The van der Waals surface area contributed by atoms with E-state index in [2.05, 4.69) is 5.32 Å². The normalized spacial score (nSPS) is 15.9. The van der Waals surface area contributed by atoms with Crippen molar-refractivity contribution in [2.24, 2.45) is 5.92 Å². The highest BCUT2D eigenvalue weighted by Gasteiger charge is 2.17. The Hall–Kier alpha value is -1.39. The molecule has 4 heteroatoms. The minimum Gasteiger partial charge on any atom is -0.490 e. The van der Waals surface area contributed by atoms with E-state index in [1.165, 1.54) is 12.8 Å². The second-order valence-corrected chi connectivity index (χ2v) is 5.49. The molecular formula is C17H25NO3. The van der Waals surface area contributed by atoms with E-state index in [0.717, 1.165) is 19.5 Å². The molecule has 1 aliphatic rings. The summed E-state index contributed by atoms with van der Waals surface area (Å²) in [6.45, 7) is 3.15. The molecule has 0 spiro atoms. The van der Waals surface area contributed by atoms with E-state index in [1.807, 2.05) is 24.3 Å². The Bertz CT molecular complexity index is 441. The molecule has 0 unspecified atom stereocenters. The molecule has 1 aromatic rings. The number of para-hydroxylation sites is 1. The highest BCUT2D eigenvalue weighted by Crippen LogP contribution is 2.23. The predicted octanol–water partition coefficient (Wildman–Crippen LogP) is 2.67. The Labute approximate surface area is 126 Å². The summed E-state index contributed by atoms with van der Waals surface area (Å²) in [6, 6.07) is 7.49. The van der Waals surface area contributed by atoms with Crippen molar-refractivity contribution in [1.29, 1.82) is 0 Å². The number of methoxy groups -OCH3 is 1. The molecule has 0 aromatic heterocycles. The molecule has 1 aromatic carbocycles. The number of hydrogen-bond acceptors (Lipinski definition) is 4. The number of nitrogens with one attached hydrogen (secondary N) is 1. The van der Waals surface area contributed by atoms with Crippen LogP contribution in [-0.4, -0.2) is 39.2 Å². The van der Waals surface area contributed by atoms with Crippen molar-refractivity contribution >= 4 is 5.78 Å². The van der Waals surface area contributed by atoms with Gasteiger partial charge in [-0.2, -0.15) is 0 Å². The first kappa shape index (κ1) is 16.0. The van der Waals surface area contributed by atoms with Crippen molar-refractivity contribution in [2.75, 3.05) is 33.4 Å². The molecule has 21 heavy (non-hydrogen) atoms. The van der Waals surface area contributed by atoms with Gasteiger partial charge in [0, 0.05) is 13.5 Å². The van der Waals surface area contributed by atoms with Gasteiger partial charge in [0.05, 0.1) is 12.2 Å². The largest absolute Gasteiger partial charge is 0.490 e. The number of carbonyl (C=O) groups excluding carboxylic acids is 1. The molecule has 116 valence electrons. The highest BCUT2D eigenvalue weighted by atomic mass is 16.5. The van der Waals surface area contributed by atoms with Gasteiger partial charge >= 0.3 is 0 Å². The van der Waals surface area contributed by atoms with Crippen LogP contribution in [0.25, 0.3) is 0 Å². The van der Waals surface area contributed by atoms with E-state index in [0.29, 0.717) is 36.9 Å². The Balaban J connectivity index is 1.88. The number of benzene rings is 1. The van der Waals surface area contributed by atoms with E-state index in [-0.39, 0.29) is 5.78 Å². The van der Waals surface area contributed by atoms with E-state index >= 15 is 0 Å². The Kier molecular flexibility index (Phi) is 6.70. The number of Topliss-reactive ketones (excluding diaryl/α,β-unsaturated/α-hetero) is 1. The fourth-order valence-electron chi connectivity index (χ4n) is 2.70. The highest BCUT2D eigenvalue weighted by molar-refractivity contribution is 5.98. The van der Waals surface area contributed by atoms with Gasteiger partial charge in [0.1, 0.15) is 12.4 Å². The van der Waals surface area contributed by atoms with Crippen LogP contribution in [-0.2, 0) is 4.74 Å². The minimum absolute atomic E-state index is 0.182. The first-order valence-electron chi connectivity index (χ1n) is 7.76. The summed E-state index contributed by atoms with van der Waals surface area (Å²) in [5.74, 6) is 1.53. The van der Waals surface area contributed by atoms with Gasteiger partial charge in [0.15, 0.2) is 5.78 Å². The summed E-state index contributed by atoms with van der Waals surface area (Å²) in [7, 11) is 1.64. The van der Waals surface area contributed by atoms with E-state index in [9.17, 15) is 4.79 Å². The van der Waals surface area contributed by atoms with Crippen LogP contribution in [0.2, 0.25) is 0 Å². The molecular weight excluding hydrogens is 266 g/mol. The van der Waals surface area contributed by atoms with Crippen molar-refractivity contribution in [3.8, 4) is 5.75 Å². The van der Waals surface area contributed by atoms with Crippen molar-refractivity contribution < 1.29 is 14.3 Å². The lowest BCUT2D eigenvalue weighted by Gasteiger charge is -2.22. The van der Waals surface area contributed by atoms with Crippen molar-refractivity contribution in [2.45, 2.75) is 25.7 Å². The Morgan fingerprint density at radius 2 is 2.00 bits per heavy atom. The third-order valence-electron chi connectivity index (χ3n) is 3.97. The number of hydrogen-bond donors (Lipinski definition) is 1. The number of piperidine rings is 1. The summed E-state index contributed by atoms with van der Waals surface area (Å²) in [5, 5.41) is 3.36. The molecule has 0 radical (unpaired) electrons. The SMILES string of the molecule is COCCOc1ccccc1C(=O)CCC1CCNCC1. The van der Waals surface area contributed by atoms with Crippen molar-refractivity contribution in [1.82, 2.24) is 5.32 Å². The second kappa shape index (κ2) is 8.80. The van der Waals surface area contributed by atoms with E-state index < -0.39 is 0 Å². The van der Waals surface area contributed by atoms with Gasteiger partial charge in [0.25, 0.3) is 0 Å². The fourth-order valence-corrected chi connectivity index (χ4v) is 2.70. The van der Waals surface area contributed by atoms with Crippen LogP contribution in [0.5, 0.6) is 5.75 Å². The standard InChI is InChI=1S/C17H25NO3/c1-20-12-13-21-17-5-3-2-4-15(17)16(19)7-6-14-8-10-18-11-9-14/h2-5,14,18H,6-13H2,1H3. The second-order valence-electron chi connectivity index (χ2n) is 5.49. The maximum atomic E-state index is 12.4. The van der Waals surface area contributed by atoms with Crippen LogP contribution in [0.3, 0.4) is 0 Å². The number of carbonyl (C=O) groups is 1. The molecule has 0 aliphatic carbocycles. The average Bonchev–Trinajstić information content (AvgIpc) is 2.54. The lowest BCUT2D eigenvalue weighted by Crippen LogP contribution is -2.28. The van der Waals surface area contributed by atoms with Gasteiger partial charge in [-0.1, -0.05) is 12.1 Å². The van der Waals surface area contributed by atoms with Gasteiger partial charge in [-0.05, 0) is 50.4 Å². The zero-order valence-electron chi connectivity index (χ0n) is 12.8. The molecule has 0 saturated carbocycles. The molecule has 0 bridgehead atoms. The molecule has 1 N–H and O–H groups in total. The summed E-state index contributed by atoms with van der Waals surface area (Å²) < 4.78 is 10.6. The van der Waals surface area contributed by atoms with E-state index in [4.69, 9.17) is 9.47 Å². The summed E-state index contributed by atoms with van der Waals surface area (Å²) in [4.78, 5) is 12.4. The molecule has 1 heterocycles. The maximum Gasteiger partial charge on any atom is 0.166 e. The zero-order chi connectivity index (χ0) is 14.9. The third-order valence-corrected chi connectivity index (χ3v) is 3.97. The predicted molar refractivity (Wildman–Crippen MR) is 83.0 cm³/mol. The molecule has 4 nitrogen and oxygen atoms in total. The molecule has 0 amide bonds. The first-order chi connectivity index (χ1) is 10.3. The topological polar surface area (TPSA) is 47.6 Å². The Morgan fingerprint density at radius 1 is 1.24 bits per heavy atom. The van der Waals surface area contributed by atoms with Crippen LogP contribution in [0.15, 0.2) is 24.3 Å². The van der Waals surface area contributed by atoms with Crippen LogP contribution < -0.4 is 10.1 Å². The third kappa shape index (κ3) is 5.14. The molecule has 1 saturated heterocycles. The van der Waals surface area contributed by atoms with Gasteiger partial charge in [-0.15, -0.1) is 0 Å². The first-order valence-corrected chi connectivity index (χ1v) is 7.76. The minimum atomic E-state index is 0.182. The number of ether oxygens (including phenoxy) is 2. The summed E-state index contributed by atoms with van der Waals surface area (Å²) >= 11 is 0. The van der Waals surface area contributed by atoms with Gasteiger partial charge in [0.2, 0.25) is 0 Å². The van der Waals surface area contributed by atoms with Crippen LogP contribution >= 0.6 is 0 Å². The van der Waals surface area contributed by atoms with Crippen LogP contribution in [0, 0.1) is 5.92 Å². The lowest BCUT2D eigenvalue weighted by molar-refractivity contribution is 0.0963. The maximum absolute atomic E-state index is 12.4. The van der Waals surface area contributed by atoms with Gasteiger partial charge in [-0.3, -0.25) is 4.79 Å². The van der Waals surface area contributed by atoms with Crippen molar-refractivity contribution in [3.63, 3.8) is 0 Å². The van der Waals surface area contributed by atoms with E-state index in [1.54, 1.807) is 7.11 Å². The van der Waals surface area contributed by atoms with Crippen LogP contribution in [0.4, 0.5) is 0 Å².